The van der Waals surface area contributed by atoms with Crippen molar-refractivity contribution >= 4 is 34.4 Å². The van der Waals surface area contributed by atoms with Gasteiger partial charge in [0.05, 0.1) is 37.4 Å². The van der Waals surface area contributed by atoms with E-state index < -0.39 is 11.5 Å². The normalized spacial score (nSPS) is 11.0. The minimum Gasteiger partial charge on any atom is -0.490 e. The number of carbonyl (C=O) groups excluding carboxylic acids is 1. The third-order valence-corrected chi connectivity index (χ3v) is 6.19. The fraction of sp³-hybridized carbons (Fsp3) is 0.250. The molecule has 0 aliphatic rings. The van der Waals surface area contributed by atoms with Crippen LogP contribution in [0.1, 0.15) is 36.8 Å². The summed E-state index contributed by atoms with van der Waals surface area (Å²) in [7, 11) is 0. The second-order valence-electron chi connectivity index (χ2n) is 8.80. The molecule has 0 atom stereocenters. The number of fused-ring (bicyclic) bond motifs is 1. The Balaban J connectivity index is 1.54. The van der Waals surface area contributed by atoms with Crippen molar-refractivity contribution in [2.75, 3.05) is 25.1 Å². The Morgan fingerprint density at radius 3 is 2.27 bits per heavy atom. The van der Waals surface area contributed by atoms with E-state index in [0.717, 1.165) is 0 Å². The van der Waals surface area contributed by atoms with Crippen molar-refractivity contribution in [3.63, 3.8) is 0 Å². The lowest BCUT2D eigenvalue weighted by molar-refractivity contribution is 0.102. The van der Waals surface area contributed by atoms with Crippen molar-refractivity contribution in [3.8, 4) is 28.9 Å². The zero-order chi connectivity index (χ0) is 29.1. The number of halogens is 1. The molecule has 0 saturated carbocycles. The Morgan fingerprint density at radius 1 is 0.976 bits per heavy atom. The van der Waals surface area contributed by atoms with Crippen LogP contribution in [0.25, 0.3) is 22.7 Å². The Morgan fingerprint density at radius 2 is 1.63 bits per heavy atom. The Hall–Kier alpha value is -4.84. The number of ether oxygens (including phenoxy) is 3. The van der Waals surface area contributed by atoms with Crippen molar-refractivity contribution in [1.29, 1.82) is 0 Å². The van der Waals surface area contributed by atoms with E-state index >= 15 is 0 Å². The molecule has 3 heterocycles. The van der Waals surface area contributed by atoms with Crippen LogP contribution >= 0.6 is 11.6 Å². The maximum absolute atomic E-state index is 13.5. The van der Waals surface area contributed by atoms with Crippen LogP contribution in [0, 0.1) is 6.92 Å². The van der Waals surface area contributed by atoms with Gasteiger partial charge in [0.25, 0.3) is 11.5 Å². The van der Waals surface area contributed by atoms with Crippen molar-refractivity contribution in [3.05, 3.63) is 75.3 Å². The number of amides is 1. The van der Waals surface area contributed by atoms with Crippen LogP contribution < -0.4 is 25.1 Å². The van der Waals surface area contributed by atoms with E-state index in [-0.39, 0.29) is 17.3 Å². The molecule has 0 bridgehead atoms. The highest BCUT2D eigenvalue weighted by atomic mass is 35.5. The molecule has 3 aromatic heterocycles. The van der Waals surface area contributed by atoms with Gasteiger partial charge in [0.1, 0.15) is 11.2 Å². The van der Waals surface area contributed by atoms with Gasteiger partial charge in [0.15, 0.2) is 17.1 Å². The molecule has 212 valence electrons. The predicted molar refractivity (Wildman–Crippen MR) is 154 cm³/mol. The zero-order valence-corrected chi connectivity index (χ0v) is 23.7. The van der Waals surface area contributed by atoms with Crippen molar-refractivity contribution < 1.29 is 19.0 Å². The van der Waals surface area contributed by atoms with E-state index in [9.17, 15) is 9.59 Å². The molecule has 12 nitrogen and oxygen atoms in total. The maximum atomic E-state index is 13.5. The van der Waals surface area contributed by atoms with Crippen molar-refractivity contribution in [2.45, 2.75) is 27.7 Å². The van der Waals surface area contributed by atoms with E-state index in [0.29, 0.717) is 64.5 Å². The predicted octanol–water partition coefficient (Wildman–Crippen LogP) is 4.70. The van der Waals surface area contributed by atoms with E-state index in [4.69, 9.17) is 25.8 Å². The topological polar surface area (TPSA) is 138 Å². The second-order valence-corrected chi connectivity index (χ2v) is 9.23. The maximum Gasteiger partial charge on any atom is 0.263 e. The van der Waals surface area contributed by atoms with Crippen molar-refractivity contribution in [1.82, 2.24) is 29.5 Å². The first-order chi connectivity index (χ1) is 19.8. The number of aromatic amines is 1. The van der Waals surface area contributed by atoms with E-state index in [1.54, 1.807) is 49.4 Å². The summed E-state index contributed by atoms with van der Waals surface area (Å²) in [4.78, 5) is 33.8. The first kappa shape index (κ1) is 27.7. The molecule has 41 heavy (non-hydrogen) atoms. The van der Waals surface area contributed by atoms with Gasteiger partial charge in [-0.2, -0.15) is 19.9 Å². The van der Waals surface area contributed by atoms with Crippen LogP contribution in [-0.2, 0) is 0 Å². The summed E-state index contributed by atoms with van der Waals surface area (Å²) in [6, 6.07) is 11.8. The SMILES string of the molecule is CCOc1cc(C(=O)Nc2cc(C)nn2-c2nc3c(cnn3-c3ccc(Cl)cc3)c(=O)[nH]2)cc(OCC)c1OCC. The number of benzene rings is 2. The number of nitrogens with one attached hydrogen (secondary N) is 2. The summed E-state index contributed by atoms with van der Waals surface area (Å²) in [5.74, 6) is 1.14. The van der Waals surface area contributed by atoms with Crippen LogP contribution in [0.4, 0.5) is 5.82 Å². The Bertz CT molecular complexity index is 1750. The number of hydrogen-bond acceptors (Lipinski definition) is 8. The molecule has 1 amide bonds. The summed E-state index contributed by atoms with van der Waals surface area (Å²) in [5, 5.41) is 12.5. The molecule has 2 N–H and O–H groups in total. The molecular formula is C28H28ClN7O5. The van der Waals surface area contributed by atoms with Crippen LogP contribution in [0.5, 0.6) is 17.2 Å². The number of anilines is 1. The lowest BCUT2D eigenvalue weighted by Crippen LogP contribution is -2.19. The summed E-state index contributed by atoms with van der Waals surface area (Å²) in [5.41, 5.74) is 1.44. The minimum absolute atomic E-state index is 0.0957. The van der Waals surface area contributed by atoms with Crippen LogP contribution in [0.2, 0.25) is 5.02 Å². The molecule has 0 aliphatic carbocycles. The van der Waals surface area contributed by atoms with Gasteiger partial charge >= 0.3 is 0 Å². The molecule has 5 rings (SSSR count). The highest BCUT2D eigenvalue weighted by Gasteiger charge is 2.21. The highest BCUT2D eigenvalue weighted by molar-refractivity contribution is 6.30. The molecular weight excluding hydrogens is 550 g/mol. The molecule has 13 heteroatoms. The molecule has 0 unspecified atom stereocenters. The second kappa shape index (κ2) is 11.7. The first-order valence-corrected chi connectivity index (χ1v) is 13.4. The molecule has 0 spiro atoms. The van der Waals surface area contributed by atoms with E-state index in [2.05, 4.69) is 25.5 Å². The van der Waals surface area contributed by atoms with Crippen LogP contribution in [0.3, 0.4) is 0 Å². The number of H-pyrrole nitrogens is 1. The lowest BCUT2D eigenvalue weighted by Gasteiger charge is -2.17. The fourth-order valence-electron chi connectivity index (χ4n) is 4.24. The number of nitrogens with zero attached hydrogens (tertiary/aromatic N) is 5. The third kappa shape index (κ3) is 5.59. The fourth-order valence-corrected chi connectivity index (χ4v) is 4.36. The average molecular weight is 578 g/mol. The first-order valence-electron chi connectivity index (χ1n) is 13.0. The van der Waals surface area contributed by atoms with Gasteiger partial charge in [-0.3, -0.25) is 14.6 Å². The molecule has 0 radical (unpaired) electrons. The summed E-state index contributed by atoms with van der Waals surface area (Å²) in [6.07, 6.45) is 1.44. The number of aromatic nitrogens is 6. The van der Waals surface area contributed by atoms with Gasteiger partial charge in [-0.25, -0.2) is 4.68 Å². The highest BCUT2D eigenvalue weighted by Crippen LogP contribution is 2.39. The molecule has 0 fully saturated rings. The summed E-state index contributed by atoms with van der Waals surface area (Å²) >= 11 is 6.03. The van der Waals surface area contributed by atoms with Crippen LogP contribution in [0.15, 0.2) is 53.5 Å². The van der Waals surface area contributed by atoms with E-state index in [1.807, 2.05) is 20.8 Å². The van der Waals surface area contributed by atoms with Crippen molar-refractivity contribution in [2.24, 2.45) is 0 Å². The van der Waals surface area contributed by atoms with Gasteiger partial charge in [-0.1, -0.05) is 11.6 Å². The Kier molecular flexibility index (Phi) is 7.92. The zero-order valence-electron chi connectivity index (χ0n) is 22.9. The average Bonchev–Trinajstić information content (AvgIpc) is 3.54. The Labute approximate surface area is 239 Å². The van der Waals surface area contributed by atoms with E-state index in [1.165, 1.54) is 15.6 Å². The quantitative estimate of drug-likeness (QED) is 0.243. The van der Waals surface area contributed by atoms with Gasteiger partial charge < -0.3 is 19.5 Å². The monoisotopic (exact) mass is 577 g/mol. The molecule has 2 aromatic carbocycles. The smallest absolute Gasteiger partial charge is 0.263 e. The molecule has 0 aliphatic heterocycles. The summed E-state index contributed by atoms with van der Waals surface area (Å²) < 4.78 is 20.1. The van der Waals surface area contributed by atoms with Gasteiger partial charge in [-0.15, -0.1) is 0 Å². The van der Waals surface area contributed by atoms with Gasteiger partial charge in [0, 0.05) is 16.7 Å². The van der Waals surface area contributed by atoms with Gasteiger partial charge in [-0.05, 0) is 64.1 Å². The minimum atomic E-state index is -0.453. The lowest BCUT2D eigenvalue weighted by atomic mass is 10.1. The molecule has 0 saturated heterocycles. The summed E-state index contributed by atoms with van der Waals surface area (Å²) in [6.45, 7) is 8.44. The number of rotatable bonds is 10. The largest absolute Gasteiger partial charge is 0.490 e. The standard InChI is InChI=1S/C28H28ClN7O5/c1-5-39-21-13-17(14-22(40-6-2)24(21)41-7-3)26(37)31-23-12-16(4)34-36(23)28-32-25-20(27(38)33-28)15-30-35(25)19-10-8-18(29)9-11-19/h8-15H,5-7H2,1-4H3,(H,31,37)(H,32,33,38). The number of aryl methyl sites for hydroxylation is 1. The number of carbonyl (C=O) groups is 1. The van der Waals surface area contributed by atoms with Gasteiger partial charge in [0.2, 0.25) is 11.7 Å². The molecule has 5 aromatic rings. The number of hydrogen-bond donors (Lipinski definition) is 2. The van der Waals surface area contributed by atoms with Crippen LogP contribution in [-0.4, -0.2) is 55.3 Å². The third-order valence-electron chi connectivity index (χ3n) is 5.94.